The van der Waals surface area contributed by atoms with Gasteiger partial charge in [0.1, 0.15) is 5.82 Å². The monoisotopic (exact) mass is 269 g/mol. The molecule has 1 aliphatic rings. The summed E-state index contributed by atoms with van der Waals surface area (Å²) in [6.07, 6.45) is 7.51. The van der Waals surface area contributed by atoms with Gasteiger partial charge >= 0.3 is 0 Å². The summed E-state index contributed by atoms with van der Waals surface area (Å²) in [5.41, 5.74) is 1.04. The summed E-state index contributed by atoms with van der Waals surface area (Å²) in [7, 11) is 2.01. The van der Waals surface area contributed by atoms with Gasteiger partial charge in [-0.05, 0) is 49.9 Å². The summed E-state index contributed by atoms with van der Waals surface area (Å²) >= 11 is 6.10. The Morgan fingerprint density at radius 2 is 2.06 bits per heavy atom. The molecule has 0 amide bonds. The van der Waals surface area contributed by atoms with Crippen LogP contribution in [-0.4, -0.2) is 13.1 Å². The largest absolute Gasteiger partial charge is 0.316 e. The summed E-state index contributed by atoms with van der Waals surface area (Å²) in [6, 6.07) is 5.16. The summed E-state index contributed by atoms with van der Waals surface area (Å²) in [5.74, 6) is 0.465. The standard InChI is InChI=1S/C15H21ClFN/c1-18-15(11-5-3-2-4-6-11)9-12-7-8-13(17)10-14(12)16/h7-8,10-11,15,18H,2-6,9H2,1H3. The average Bonchev–Trinajstić information content (AvgIpc) is 2.39. The van der Waals surface area contributed by atoms with E-state index in [2.05, 4.69) is 5.32 Å². The molecule has 0 spiro atoms. The second-order valence-electron chi connectivity index (χ2n) is 5.23. The van der Waals surface area contributed by atoms with Gasteiger partial charge in [-0.3, -0.25) is 0 Å². The molecule has 3 heteroatoms. The van der Waals surface area contributed by atoms with Crippen molar-refractivity contribution in [2.24, 2.45) is 5.92 Å². The van der Waals surface area contributed by atoms with E-state index in [9.17, 15) is 4.39 Å². The Balaban J connectivity index is 2.04. The molecule has 0 bridgehead atoms. The number of nitrogens with one attached hydrogen (secondary N) is 1. The average molecular weight is 270 g/mol. The molecule has 1 saturated carbocycles. The van der Waals surface area contributed by atoms with E-state index in [0.717, 1.165) is 17.9 Å². The third-order valence-corrected chi connectivity index (χ3v) is 4.40. The molecule has 0 aromatic heterocycles. The molecule has 1 aromatic carbocycles. The fourth-order valence-corrected chi connectivity index (χ4v) is 3.21. The summed E-state index contributed by atoms with van der Waals surface area (Å²) in [4.78, 5) is 0. The highest BCUT2D eigenvalue weighted by Gasteiger charge is 2.23. The van der Waals surface area contributed by atoms with Gasteiger partial charge in [-0.2, -0.15) is 0 Å². The van der Waals surface area contributed by atoms with E-state index >= 15 is 0 Å². The molecule has 0 aliphatic heterocycles. The maximum absolute atomic E-state index is 13.0. The van der Waals surface area contributed by atoms with E-state index in [-0.39, 0.29) is 5.82 Å². The molecule has 1 atom stereocenters. The van der Waals surface area contributed by atoms with Crippen LogP contribution in [0.1, 0.15) is 37.7 Å². The van der Waals surface area contributed by atoms with E-state index in [0.29, 0.717) is 11.1 Å². The van der Waals surface area contributed by atoms with Crippen LogP contribution in [0, 0.1) is 11.7 Å². The molecular weight excluding hydrogens is 249 g/mol. The molecule has 0 saturated heterocycles. The summed E-state index contributed by atoms with van der Waals surface area (Å²) in [6.45, 7) is 0. The van der Waals surface area contributed by atoms with Crippen molar-refractivity contribution < 1.29 is 4.39 Å². The maximum atomic E-state index is 13.0. The minimum atomic E-state index is -0.262. The van der Waals surface area contributed by atoms with Gasteiger partial charge < -0.3 is 5.32 Å². The van der Waals surface area contributed by atoms with E-state index in [1.165, 1.54) is 44.2 Å². The van der Waals surface area contributed by atoms with E-state index in [4.69, 9.17) is 11.6 Å². The number of likely N-dealkylation sites (N-methyl/N-ethyl adjacent to an activating group) is 1. The van der Waals surface area contributed by atoms with Crippen molar-refractivity contribution in [2.75, 3.05) is 7.05 Å². The molecule has 0 heterocycles. The van der Waals surface area contributed by atoms with Crippen LogP contribution in [0.5, 0.6) is 0 Å². The maximum Gasteiger partial charge on any atom is 0.124 e. The molecule has 1 N–H and O–H groups in total. The molecule has 100 valence electrons. The fraction of sp³-hybridized carbons (Fsp3) is 0.600. The van der Waals surface area contributed by atoms with Crippen molar-refractivity contribution in [1.82, 2.24) is 5.32 Å². The number of benzene rings is 1. The second-order valence-corrected chi connectivity index (χ2v) is 5.64. The lowest BCUT2D eigenvalue weighted by Crippen LogP contribution is -2.36. The minimum Gasteiger partial charge on any atom is -0.316 e. The Morgan fingerprint density at radius 1 is 1.33 bits per heavy atom. The molecule has 1 aromatic rings. The zero-order chi connectivity index (χ0) is 13.0. The molecule has 1 aliphatic carbocycles. The predicted molar refractivity (Wildman–Crippen MR) is 74.5 cm³/mol. The van der Waals surface area contributed by atoms with Crippen LogP contribution in [0.4, 0.5) is 4.39 Å². The first-order valence-corrected chi connectivity index (χ1v) is 7.19. The number of hydrogen-bond donors (Lipinski definition) is 1. The predicted octanol–water partition coefficient (Wildman–Crippen LogP) is 4.19. The van der Waals surface area contributed by atoms with Crippen LogP contribution >= 0.6 is 11.6 Å². The molecule has 0 radical (unpaired) electrons. The van der Waals surface area contributed by atoms with Crippen molar-refractivity contribution in [3.63, 3.8) is 0 Å². The zero-order valence-corrected chi connectivity index (χ0v) is 11.6. The molecule has 1 unspecified atom stereocenters. The fourth-order valence-electron chi connectivity index (χ4n) is 2.97. The van der Waals surface area contributed by atoms with Crippen LogP contribution in [0.3, 0.4) is 0 Å². The lowest BCUT2D eigenvalue weighted by molar-refractivity contribution is 0.276. The summed E-state index contributed by atoms with van der Waals surface area (Å²) < 4.78 is 13.0. The molecule has 1 nitrogen and oxygen atoms in total. The Morgan fingerprint density at radius 3 is 2.67 bits per heavy atom. The molecule has 18 heavy (non-hydrogen) atoms. The number of hydrogen-bond acceptors (Lipinski definition) is 1. The minimum absolute atomic E-state index is 0.262. The van der Waals surface area contributed by atoms with Crippen molar-refractivity contribution in [1.29, 1.82) is 0 Å². The van der Waals surface area contributed by atoms with Crippen LogP contribution in [0.2, 0.25) is 5.02 Å². The van der Waals surface area contributed by atoms with E-state index < -0.39 is 0 Å². The van der Waals surface area contributed by atoms with Crippen molar-refractivity contribution in [3.05, 3.63) is 34.6 Å². The molecular formula is C15H21ClFN. The topological polar surface area (TPSA) is 12.0 Å². The highest BCUT2D eigenvalue weighted by atomic mass is 35.5. The van der Waals surface area contributed by atoms with Gasteiger partial charge in [0, 0.05) is 11.1 Å². The van der Waals surface area contributed by atoms with Gasteiger partial charge in [-0.1, -0.05) is 36.9 Å². The summed E-state index contributed by atoms with van der Waals surface area (Å²) in [5, 5.41) is 3.96. The first-order chi connectivity index (χ1) is 8.70. The normalized spacial score (nSPS) is 18.8. The second kappa shape index (κ2) is 6.53. The number of rotatable bonds is 4. The lowest BCUT2D eigenvalue weighted by atomic mass is 9.81. The van der Waals surface area contributed by atoms with Gasteiger partial charge in [0.05, 0.1) is 0 Å². The van der Waals surface area contributed by atoms with Crippen molar-refractivity contribution in [2.45, 2.75) is 44.6 Å². The highest BCUT2D eigenvalue weighted by molar-refractivity contribution is 6.31. The first kappa shape index (κ1) is 13.8. The number of halogens is 2. The molecule has 2 rings (SSSR count). The van der Waals surface area contributed by atoms with Crippen LogP contribution in [0.15, 0.2) is 18.2 Å². The molecule has 1 fully saturated rings. The SMILES string of the molecule is CNC(Cc1ccc(F)cc1Cl)C1CCCCC1. The van der Waals surface area contributed by atoms with Gasteiger partial charge in [0.25, 0.3) is 0 Å². The zero-order valence-electron chi connectivity index (χ0n) is 10.9. The van der Waals surface area contributed by atoms with Crippen LogP contribution in [0.25, 0.3) is 0 Å². The Kier molecular flexibility index (Phi) is 5.02. The smallest absolute Gasteiger partial charge is 0.124 e. The lowest BCUT2D eigenvalue weighted by Gasteiger charge is -2.30. The Labute approximate surface area is 114 Å². The van der Waals surface area contributed by atoms with Gasteiger partial charge in [0.15, 0.2) is 0 Å². The van der Waals surface area contributed by atoms with Gasteiger partial charge in [-0.15, -0.1) is 0 Å². The van der Waals surface area contributed by atoms with Crippen molar-refractivity contribution in [3.8, 4) is 0 Å². The third-order valence-electron chi connectivity index (χ3n) is 4.04. The van der Waals surface area contributed by atoms with Crippen LogP contribution < -0.4 is 5.32 Å². The Bertz CT molecular complexity index is 388. The highest BCUT2D eigenvalue weighted by Crippen LogP contribution is 2.29. The van der Waals surface area contributed by atoms with Gasteiger partial charge in [-0.25, -0.2) is 4.39 Å². The van der Waals surface area contributed by atoms with E-state index in [1.807, 2.05) is 13.1 Å². The third kappa shape index (κ3) is 3.46. The Hall–Kier alpha value is -0.600. The van der Waals surface area contributed by atoms with Crippen molar-refractivity contribution >= 4 is 11.6 Å². The van der Waals surface area contributed by atoms with E-state index in [1.54, 1.807) is 0 Å². The quantitative estimate of drug-likeness (QED) is 0.864. The first-order valence-electron chi connectivity index (χ1n) is 6.82. The van der Waals surface area contributed by atoms with Gasteiger partial charge in [0.2, 0.25) is 0 Å². The van der Waals surface area contributed by atoms with Crippen LogP contribution in [-0.2, 0) is 6.42 Å².